The number of nitrogens with zero attached hydrogens (tertiary/aromatic N) is 5. The highest BCUT2D eigenvalue weighted by Crippen LogP contribution is 2.40. The molecule has 9 nitrogen and oxygen atoms in total. The Bertz CT molecular complexity index is 707. The molecule has 20 heavy (non-hydrogen) atoms. The third-order valence-corrected chi connectivity index (χ3v) is 3.08. The third kappa shape index (κ3) is 1.98. The summed E-state index contributed by atoms with van der Waals surface area (Å²) in [6.07, 6.45) is 1.89. The van der Waals surface area contributed by atoms with Crippen molar-refractivity contribution in [2.24, 2.45) is 0 Å². The van der Waals surface area contributed by atoms with Crippen LogP contribution < -0.4 is 0 Å². The van der Waals surface area contributed by atoms with E-state index < -0.39 is 10.9 Å². The molecule has 0 aliphatic heterocycles. The molecule has 0 bridgehead atoms. The summed E-state index contributed by atoms with van der Waals surface area (Å²) in [7, 11) is 0. The molecule has 1 heterocycles. The maximum atomic E-state index is 11.1. The van der Waals surface area contributed by atoms with Gasteiger partial charge in [0.2, 0.25) is 0 Å². The number of carboxylic acids is 1. The molecule has 102 valence electrons. The average molecular weight is 275 g/mol. The standard InChI is InChI=1S/C11H9N5O4/c17-11(18)7-3-4-8(9(5-7)16(19)20)15-10(6-1-2-6)12-13-14-15/h3-6H,1-2H2,(H,17,18). The first kappa shape index (κ1) is 12.2. The van der Waals surface area contributed by atoms with Crippen LogP contribution in [0, 0.1) is 10.1 Å². The lowest BCUT2D eigenvalue weighted by molar-refractivity contribution is -0.384. The van der Waals surface area contributed by atoms with Crippen molar-refractivity contribution in [3.8, 4) is 5.69 Å². The summed E-state index contributed by atoms with van der Waals surface area (Å²) in [5.41, 5.74) is -0.313. The van der Waals surface area contributed by atoms with Gasteiger partial charge in [0.05, 0.1) is 10.5 Å². The maximum absolute atomic E-state index is 11.1. The quantitative estimate of drug-likeness (QED) is 0.655. The zero-order valence-electron chi connectivity index (χ0n) is 10.1. The number of nitro groups is 1. The molecule has 9 heteroatoms. The molecule has 1 aliphatic rings. The number of rotatable bonds is 4. The number of carboxylic acid groups (broad SMARTS) is 1. The van der Waals surface area contributed by atoms with Crippen LogP contribution in [0.5, 0.6) is 0 Å². The van der Waals surface area contributed by atoms with Crippen molar-refractivity contribution in [2.45, 2.75) is 18.8 Å². The van der Waals surface area contributed by atoms with Crippen LogP contribution in [0.15, 0.2) is 18.2 Å². The van der Waals surface area contributed by atoms with Gasteiger partial charge in [-0.1, -0.05) is 0 Å². The zero-order chi connectivity index (χ0) is 14.3. The van der Waals surface area contributed by atoms with Crippen molar-refractivity contribution < 1.29 is 14.8 Å². The summed E-state index contributed by atoms with van der Waals surface area (Å²) in [5, 5.41) is 31.2. The van der Waals surface area contributed by atoms with Crippen molar-refractivity contribution >= 4 is 11.7 Å². The summed E-state index contributed by atoms with van der Waals surface area (Å²) in [6, 6.07) is 3.66. The summed E-state index contributed by atoms with van der Waals surface area (Å²) in [5.74, 6) is -0.446. The summed E-state index contributed by atoms with van der Waals surface area (Å²) in [6.45, 7) is 0. The minimum Gasteiger partial charge on any atom is -0.478 e. The average Bonchev–Trinajstić information content (AvgIpc) is 3.15. The number of benzene rings is 1. The van der Waals surface area contributed by atoms with Crippen LogP contribution in [0.4, 0.5) is 5.69 Å². The lowest BCUT2D eigenvalue weighted by Gasteiger charge is -2.05. The maximum Gasteiger partial charge on any atom is 0.335 e. The first-order valence-electron chi connectivity index (χ1n) is 5.88. The molecule has 1 aromatic carbocycles. The Morgan fingerprint density at radius 3 is 2.80 bits per heavy atom. The number of carbonyl (C=O) groups is 1. The zero-order valence-corrected chi connectivity index (χ0v) is 10.1. The van der Waals surface area contributed by atoms with Crippen molar-refractivity contribution in [3.05, 3.63) is 39.7 Å². The molecular weight excluding hydrogens is 266 g/mol. The number of nitro benzene ring substituents is 1. The molecule has 0 amide bonds. The lowest BCUT2D eigenvalue weighted by Crippen LogP contribution is -2.07. The van der Waals surface area contributed by atoms with Gasteiger partial charge in [0.15, 0.2) is 5.82 Å². The van der Waals surface area contributed by atoms with E-state index in [1.165, 1.54) is 16.8 Å². The van der Waals surface area contributed by atoms with Gasteiger partial charge >= 0.3 is 5.97 Å². The highest BCUT2D eigenvalue weighted by molar-refractivity contribution is 5.89. The Morgan fingerprint density at radius 1 is 1.45 bits per heavy atom. The van der Waals surface area contributed by atoms with Crippen LogP contribution in [0.2, 0.25) is 0 Å². The summed E-state index contributed by atoms with van der Waals surface area (Å²) in [4.78, 5) is 21.4. The first-order chi connectivity index (χ1) is 9.58. The van der Waals surface area contributed by atoms with E-state index in [1.54, 1.807) is 0 Å². The lowest BCUT2D eigenvalue weighted by atomic mass is 10.1. The Balaban J connectivity index is 2.15. The molecule has 1 N–H and O–H groups in total. The minimum atomic E-state index is -1.22. The predicted molar refractivity (Wildman–Crippen MR) is 64.7 cm³/mol. The van der Waals surface area contributed by atoms with Crippen LogP contribution in [-0.2, 0) is 0 Å². The monoisotopic (exact) mass is 275 g/mol. The second-order valence-electron chi connectivity index (χ2n) is 4.49. The van der Waals surface area contributed by atoms with Gasteiger partial charge in [-0.25, -0.2) is 4.79 Å². The van der Waals surface area contributed by atoms with E-state index in [-0.39, 0.29) is 22.9 Å². The van der Waals surface area contributed by atoms with Gasteiger partial charge in [0, 0.05) is 12.0 Å². The Morgan fingerprint density at radius 2 is 2.20 bits per heavy atom. The Labute approximate surface area is 112 Å². The van der Waals surface area contributed by atoms with E-state index in [2.05, 4.69) is 15.5 Å². The van der Waals surface area contributed by atoms with Crippen molar-refractivity contribution in [3.63, 3.8) is 0 Å². The van der Waals surface area contributed by atoms with E-state index in [1.807, 2.05) is 0 Å². The molecule has 2 aromatic rings. The van der Waals surface area contributed by atoms with Gasteiger partial charge in [-0.05, 0) is 35.4 Å². The second-order valence-corrected chi connectivity index (χ2v) is 4.49. The van der Waals surface area contributed by atoms with E-state index >= 15 is 0 Å². The van der Waals surface area contributed by atoms with E-state index in [0.29, 0.717) is 5.82 Å². The van der Waals surface area contributed by atoms with Gasteiger partial charge < -0.3 is 5.11 Å². The van der Waals surface area contributed by atoms with Crippen LogP contribution in [0.3, 0.4) is 0 Å². The fourth-order valence-electron chi connectivity index (χ4n) is 1.94. The fraction of sp³-hybridized carbons (Fsp3) is 0.273. The molecule has 3 rings (SSSR count). The van der Waals surface area contributed by atoms with Crippen LogP contribution in [-0.4, -0.2) is 36.2 Å². The molecule has 0 spiro atoms. The topological polar surface area (TPSA) is 124 Å². The van der Waals surface area contributed by atoms with Crippen molar-refractivity contribution in [1.29, 1.82) is 0 Å². The number of aromatic carboxylic acids is 1. The Hall–Kier alpha value is -2.84. The van der Waals surface area contributed by atoms with Crippen molar-refractivity contribution in [1.82, 2.24) is 20.2 Å². The van der Waals surface area contributed by atoms with Gasteiger partial charge in [-0.2, -0.15) is 4.68 Å². The van der Waals surface area contributed by atoms with Crippen LogP contribution in [0.25, 0.3) is 5.69 Å². The van der Waals surface area contributed by atoms with E-state index in [9.17, 15) is 14.9 Å². The summed E-state index contributed by atoms with van der Waals surface area (Å²) < 4.78 is 1.31. The smallest absolute Gasteiger partial charge is 0.335 e. The van der Waals surface area contributed by atoms with Gasteiger partial charge in [-0.15, -0.1) is 5.10 Å². The van der Waals surface area contributed by atoms with Crippen LogP contribution >= 0.6 is 0 Å². The number of hydrogen-bond donors (Lipinski definition) is 1. The van der Waals surface area contributed by atoms with Crippen molar-refractivity contribution in [2.75, 3.05) is 0 Å². The molecule has 1 saturated carbocycles. The predicted octanol–water partition coefficient (Wildman–Crippen LogP) is 1.15. The fourth-order valence-corrected chi connectivity index (χ4v) is 1.94. The highest BCUT2D eigenvalue weighted by Gasteiger charge is 2.32. The molecule has 0 atom stereocenters. The molecule has 1 aromatic heterocycles. The third-order valence-electron chi connectivity index (χ3n) is 3.08. The second kappa shape index (κ2) is 4.37. The van der Waals surface area contributed by atoms with Gasteiger partial charge in [-0.3, -0.25) is 10.1 Å². The highest BCUT2D eigenvalue weighted by atomic mass is 16.6. The molecule has 0 saturated heterocycles. The molecule has 0 radical (unpaired) electrons. The largest absolute Gasteiger partial charge is 0.478 e. The molecular formula is C11H9N5O4. The first-order valence-corrected chi connectivity index (χ1v) is 5.88. The van der Waals surface area contributed by atoms with E-state index in [4.69, 9.17) is 5.11 Å². The number of tetrazole rings is 1. The SMILES string of the molecule is O=C(O)c1ccc(-n2nnnc2C2CC2)c([N+](=O)[O-])c1. The van der Waals surface area contributed by atoms with E-state index in [0.717, 1.165) is 18.9 Å². The van der Waals surface area contributed by atoms with Crippen LogP contribution in [0.1, 0.15) is 34.9 Å². The van der Waals surface area contributed by atoms with Gasteiger partial charge in [0.1, 0.15) is 5.69 Å². The molecule has 0 unspecified atom stereocenters. The van der Waals surface area contributed by atoms with Gasteiger partial charge in [0.25, 0.3) is 5.69 Å². The Kier molecular flexibility index (Phi) is 2.67. The minimum absolute atomic E-state index is 0.151. The number of hydrogen-bond acceptors (Lipinski definition) is 6. The number of aromatic nitrogens is 4. The normalized spacial score (nSPS) is 14.2. The molecule has 1 fully saturated rings. The summed E-state index contributed by atoms with van der Waals surface area (Å²) >= 11 is 0. The molecule has 1 aliphatic carbocycles.